The fraction of sp³-hybridized carbons (Fsp3) is 0.512. The summed E-state index contributed by atoms with van der Waals surface area (Å²) < 4.78 is 77.7. The summed E-state index contributed by atoms with van der Waals surface area (Å²) in [7, 11) is 0. The van der Waals surface area contributed by atoms with Gasteiger partial charge in [0.1, 0.15) is 28.4 Å². The standard InChI is InChI=1S/C19H26N8O5.C18H27N9O5.C14H18N8O3.C14H20N8O2.C8H14N2O2.C6H6N4.2C2HF3O.CH4/c1-19(2,3)32-18(31)21-10-8-13-24-26-17(27-25-13)16-20-9-7-12(23-16)11-22-14(28)5-4-6-15(29)30;19-6-4-13-24-26-17(27-25-13)16-20-7-5-12(22-16)8-21-14(31)2-1-3-15(32)23-18(9-28,10-29)11-30;15-6-4-10-19-21-14(22-20-10)13-16-7-5-9(18-13)8-17-11(23)2-1-3-12(24)25;1-14(2,3)24-13(23)17-7-5-10-19-21-12(22-20-10)11-16-6-4-9(8-15)18-11;1-8(2,3)12-7(11)10-6-4-5-9;7-3-5-1-2-9-6(4-8)10-5;2*3-2(4,5)1-6;/h7,9H,4-6,8,10-11H2,1-3H3,(H,21,31)(H,22,28)(H,29,30);5,7,28-30H,1-4,6,8-11,19H2,(H,21,31)(H,23,32);5,7H,1-4,6,8,15H2,(H,17,23)(H,24,25);4,6H,5,7-8,15H2,1-3H3,(H,17,23);4,6H2,1-3H3,(H,10,11);1-2H,3,7H2;2*1H;1H4. The molecule has 58 nitrogen and oxygen atoms in total. The lowest BCUT2D eigenvalue weighted by molar-refractivity contribution is -0.156. The van der Waals surface area contributed by atoms with Crippen LogP contribution in [0.2, 0.25) is 0 Å². The Hall–Kier alpha value is -16.6. The van der Waals surface area contributed by atoms with Gasteiger partial charge >= 0.3 is 42.6 Å². The summed E-state index contributed by atoms with van der Waals surface area (Å²) in [5, 5.41) is 142. The molecule has 0 unspecified atom stereocenters. The van der Waals surface area contributed by atoms with Crippen LogP contribution in [0.5, 0.6) is 0 Å². The zero-order valence-electron chi connectivity index (χ0n) is 81.1. The molecule has 9 aromatic heterocycles. The van der Waals surface area contributed by atoms with Crippen molar-refractivity contribution in [1.82, 2.24) is 169 Å². The number of nitrogens with zero attached hydrogens (tertiary/aromatic N) is 28. The van der Waals surface area contributed by atoms with E-state index < -0.39 is 103 Å². The van der Waals surface area contributed by atoms with E-state index in [1.807, 2.05) is 12.1 Å². The molecule has 0 spiro atoms. The first-order valence-corrected chi connectivity index (χ1v) is 43.7. The molecule has 64 heteroatoms. The number of carbonyl (C=O) groups is 11. The summed E-state index contributed by atoms with van der Waals surface area (Å²) in [4.78, 5) is 160. The molecule has 0 radical (unpaired) electrons. The van der Waals surface area contributed by atoms with Gasteiger partial charge in [-0.3, -0.25) is 38.4 Å². The first kappa shape index (κ1) is 129. The molecule has 20 N–H and O–H groups in total. The van der Waals surface area contributed by atoms with E-state index in [1.165, 1.54) is 24.8 Å². The number of nitrogens with two attached hydrogens (primary N) is 4. The summed E-state index contributed by atoms with van der Waals surface area (Å²) in [5.74, 6) is 0.226. The molecule has 148 heavy (non-hydrogen) atoms. The van der Waals surface area contributed by atoms with Gasteiger partial charge in [-0.05, 0) is 125 Å². The van der Waals surface area contributed by atoms with Gasteiger partial charge in [0.2, 0.25) is 88.6 Å². The maximum atomic E-state index is 12.0. The number of nitriles is 2. The van der Waals surface area contributed by atoms with Crippen LogP contribution in [0.3, 0.4) is 0 Å². The summed E-state index contributed by atoms with van der Waals surface area (Å²) >= 11 is 0. The summed E-state index contributed by atoms with van der Waals surface area (Å²) in [6.07, 6.45) is -2.33. The van der Waals surface area contributed by atoms with Gasteiger partial charge < -0.3 is 99.9 Å². The first-order chi connectivity index (χ1) is 69.5. The minimum absolute atomic E-state index is 0. The molecule has 0 fully saturated rings. The Bertz CT molecular complexity index is 5610. The Kier molecular flexibility index (Phi) is 60.7. The Labute approximate surface area is 841 Å². The fourth-order valence-electron chi connectivity index (χ4n) is 9.39. The minimum Gasteiger partial charge on any atom is -0.481 e. The van der Waals surface area contributed by atoms with E-state index in [1.54, 1.807) is 98.8 Å². The number of hydrogen-bond donors (Lipinski definition) is 16. The van der Waals surface area contributed by atoms with Crippen LogP contribution in [-0.2, 0) is 111 Å². The van der Waals surface area contributed by atoms with Gasteiger partial charge in [0.25, 0.3) is 0 Å². The van der Waals surface area contributed by atoms with Crippen molar-refractivity contribution in [1.29, 1.82) is 10.5 Å². The molecule has 0 atom stereocenters. The molecule has 0 aromatic carbocycles. The Morgan fingerprint density at radius 1 is 0.372 bits per heavy atom. The van der Waals surface area contributed by atoms with Crippen molar-refractivity contribution in [3.8, 4) is 58.7 Å². The van der Waals surface area contributed by atoms with Crippen LogP contribution in [-0.4, -0.2) is 311 Å². The van der Waals surface area contributed by atoms with Crippen molar-refractivity contribution in [3.05, 3.63) is 119 Å². The lowest BCUT2D eigenvalue weighted by Crippen LogP contribution is -2.57. The number of ether oxygens (including phenoxy) is 3. The Morgan fingerprint density at radius 3 is 0.899 bits per heavy atom. The SMILES string of the molecule is C.CC(C)(C)OC(=O)NCCC#N.CC(C)(C)OC(=O)NCCc1nnc(-c2nccc(CN)n2)nn1.CC(C)(C)OC(=O)NCCc1nnc(-c2nccc(CNC(=O)CCCC(=O)O)n2)nn1.N#Cc1nccc(CN)n1.NCCc1nnc(-c2nccc(CNC(=O)CCCC(=O)NC(CO)(CO)CO)n2)nn1.NCCc1nnc(-c2nccc(CNC(=O)CCCC(=O)O)n2)nn1.O=CC(F)(F)F.O=CC(F)(F)F. The van der Waals surface area contributed by atoms with Crippen LogP contribution in [0, 0.1) is 22.7 Å². The summed E-state index contributed by atoms with van der Waals surface area (Å²) in [5.41, 5.74) is 21.5. The second kappa shape index (κ2) is 69.4. The number of halogens is 6. The van der Waals surface area contributed by atoms with E-state index in [0.29, 0.717) is 129 Å². The van der Waals surface area contributed by atoms with Crippen LogP contribution in [0.1, 0.15) is 192 Å². The molecule has 9 aromatic rings. The van der Waals surface area contributed by atoms with E-state index in [2.05, 4.69) is 169 Å². The molecular weight excluding hydrogens is 1970 g/mol. The van der Waals surface area contributed by atoms with E-state index in [0.717, 1.165) is 0 Å². The second-order valence-corrected chi connectivity index (χ2v) is 32.0. The highest BCUT2D eigenvalue weighted by atomic mass is 19.4. The zero-order valence-corrected chi connectivity index (χ0v) is 81.1. The van der Waals surface area contributed by atoms with Crippen LogP contribution in [0.4, 0.5) is 40.7 Å². The van der Waals surface area contributed by atoms with E-state index in [-0.39, 0.29) is 156 Å². The van der Waals surface area contributed by atoms with Crippen molar-refractivity contribution in [2.24, 2.45) is 22.9 Å². The van der Waals surface area contributed by atoms with Gasteiger partial charge in [-0.1, -0.05) is 7.43 Å². The Balaban J connectivity index is 0.000000892. The third-order valence-corrected chi connectivity index (χ3v) is 16.0. The molecule has 0 aliphatic rings. The van der Waals surface area contributed by atoms with Crippen molar-refractivity contribution < 1.29 is 119 Å². The lowest BCUT2D eigenvalue weighted by Gasteiger charge is -2.28. The number of aldehydes is 2. The van der Waals surface area contributed by atoms with E-state index >= 15 is 0 Å². The zero-order chi connectivity index (χ0) is 110. The summed E-state index contributed by atoms with van der Waals surface area (Å²) in [6.45, 7) is 17.1. The Morgan fingerprint density at radius 2 is 0.635 bits per heavy atom. The number of aliphatic hydroxyl groups is 3. The largest absolute Gasteiger partial charge is 0.481 e. The van der Waals surface area contributed by atoms with Gasteiger partial charge in [-0.15, -0.1) is 81.6 Å². The van der Waals surface area contributed by atoms with E-state index in [4.69, 9.17) is 67.5 Å². The lowest BCUT2D eigenvalue weighted by atomic mass is 10.0. The van der Waals surface area contributed by atoms with Crippen LogP contribution in [0.15, 0.2) is 61.3 Å². The topological polar surface area (TPSA) is 888 Å². The number of amides is 7. The number of alkyl carbamates (subject to hydrolysis) is 3. The van der Waals surface area contributed by atoms with Gasteiger partial charge in [0.15, 0.2) is 23.3 Å². The average molecular weight is 2090 g/mol. The molecule has 7 amide bonds. The maximum Gasteiger partial charge on any atom is 0.446 e. The predicted molar refractivity (Wildman–Crippen MR) is 498 cm³/mol. The number of hydrogen-bond acceptors (Lipinski definition) is 49. The highest BCUT2D eigenvalue weighted by Gasteiger charge is 2.31. The number of nitrogens with one attached hydrogen (secondary N) is 7. The number of carbonyl (C=O) groups excluding carboxylic acids is 9. The quantitative estimate of drug-likeness (QED) is 0.0106. The number of aliphatic hydroxyl groups excluding tert-OH is 3. The third-order valence-electron chi connectivity index (χ3n) is 16.0. The molecule has 804 valence electrons. The van der Waals surface area contributed by atoms with Crippen LogP contribution < -0.4 is 60.2 Å². The van der Waals surface area contributed by atoms with Gasteiger partial charge in [-0.2, -0.15) is 36.9 Å². The minimum atomic E-state index is -4.64. The normalized spacial score (nSPS) is 10.7. The van der Waals surface area contributed by atoms with Gasteiger partial charge in [0, 0.05) is 128 Å². The number of aliphatic carboxylic acids is 2. The first-order valence-electron chi connectivity index (χ1n) is 43.7. The highest BCUT2D eigenvalue weighted by Crippen LogP contribution is 2.16. The number of rotatable bonds is 40. The predicted octanol–water partition coefficient (Wildman–Crippen LogP) is 0.214. The number of alkyl halides is 6. The monoisotopic (exact) mass is 2090 g/mol. The number of carboxylic acid groups (broad SMARTS) is 2. The molecule has 0 aliphatic carbocycles. The average Bonchev–Trinajstić information content (AvgIpc) is 0.862. The molecule has 0 saturated carbocycles. The fourth-order valence-corrected chi connectivity index (χ4v) is 9.39. The van der Waals surface area contributed by atoms with Gasteiger partial charge in [0.05, 0.1) is 80.4 Å². The third kappa shape index (κ3) is 61.4. The molecule has 0 aliphatic heterocycles. The summed E-state index contributed by atoms with van der Waals surface area (Å²) in [6, 6.07) is 12.0. The maximum absolute atomic E-state index is 12.0. The molecule has 9 rings (SSSR count). The second-order valence-electron chi connectivity index (χ2n) is 32.0. The molecular formula is C84H117F6N39O19. The highest BCUT2D eigenvalue weighted by molar-refractivity contribution is 5.80. The van der Waals surface area contributed by atoms with Gasteiger partial charge in [-0.25, -0.2) is 64.2 Å². The number of carboxylic acids is 2. The van der Waals surface area contributed by atoms with Crippen LogP contribution >= 0.6 is 0 Å². The number of aromatic nitrogens is 26. The smallest absolute Gasteiger partial charge is 0.446 e. The van der Waals surface area contributed by atoms with Crippen molar-refractivity contribution in [3.63, 3.8) is 0 Å². The van der Waals surface area contributed by atoms with Crippen molar-refractivity contribution >= 4 is 66.4 Å². The van der Waals surface area contributed by atoms with Crippen molar-refractivity contribution in [2.75, 3.05) is 52.5 Å². The molecule has 0 bridgehead atoms. The molecule has 9 heterocycles. The van der Waals surface area contributed by atoms with E-state index in [9.17, 15) is 84.8 Å². The van der Waals surface area contributed by atoms with Crippen LogP contribution in [0.25, 0.3) is 46.6 Å². The van der Waals surface area contributed by atoms with Crippen molar-refractivity contribution in [2.45, 2.75) is 227 Å². The molecule has 0 saturated heterocycles.